The van der Waals surface area contributed by atoms with Gasteiger partial charge in [0, 0.05) is 12.5 Å². The van der Waals surface area contributed by atoms with Gasteiger partial charge in [-0.25, -0.2) is 4.99 Å². The van der Waals surface area contributed by atoms with Crippen molar-refractivity contribution in [1.82, 2.24) is 4.90 Å². The van der Waals surface area contributed by atoms with Crippen molar-refractivity contribution in [3.63, 3.8) is 0 Å². The fraction of sp³-hybridized carbons (Fsp3) is 0.696. The van der Waals surface area contributed by atoms with Crippen LogP contribution in [0.15, 0.2) is 23.2 Å². The predicted octanol–water partition coefficient (Wildman–Crippen LogP) is 3.93. The molecule has 1 atom stereocenters. The third-order valence-electron chi connectivity index (χ3n) is 8.22. The van der Waals surface area contributed by atoms with E-state index in [1.165, 1.54) is 49.7 Å². The van der Waals surface area contributed by atoms with Crippen LogP contribution < -0.4 is 10.5 Å². The predicted molar refractivity (Wildman–Crippen MR) is 109 cm³/mol. The number of guanidine groups is 1. The molecule has 4 saturated carbocycles. The van der Waals surface area contributed by atoms with Crippen LogP contribution in [0.4, 0.5) is 0 Å². The average molecular weight is 368 g/mol. The quantitative estimate of drug-likeness (QED) is 0.877. The first kappa shape index (κ1) is 17.4. The molecule has 0 spiro atoms. The molecule has 0 amide bonds. The number of likely N-dealkylation sites (N-methyl/N-ethyl adjacent to an activating group) is 1. The van der Waals surface area contributed by atoms with Crippen LogP contribution in [0.2, 0.25) is 0 Å². The molecule has 6 rings (SSSR count). The third kappa shape index (κ3) is 2.37. The summed E-state index contributed by atoms with van der Waals surface area (Å²) in [6.07, 6.45) is 9.32. The Morgan fingerprint density at radius 3 is 2.26 bits per heavy atom. The van der Waals surface area contributed by atoms with Crippen molar-refractivity contribution in [2.75, 3.05) is 20.7 Å². The molecule has 27 heavy (non-hydrogen) atoms. The van der Waals surface area contributed by atoms with Gasteiger partial charge in [0.05, 0.1) is 13.7 Å². The highest BCUT2D eigenvalue weighted by atomic mass is 16.5. The van der Waals surface area contributed by atoms with Gasteiger partial charge in [0.1, 0.15) is 11.3 Å². The first-order valence-electron chi connectivity index (χ1n) is 10.7. The lowest BCUT2D eigenvalue weighted by atomic mass is 9.44. The van der Waals surface area contributed by atoms with Crippen molar-refractivity contribution in [1.29, 1.82) is 0 Å². The van der Waals surface area contributed by atoms with E-state index in [2.05, 4.69) is 37.1 Å². The SMILES string of the molecule is CCc1cc(C2(C34CC5CC(CC(C5)C3)C4)CN(C)C(N)=N2)ccc1OC. The Hall–Kier alpha value is -1.71. The van der Waals surface area contributed by atoms with E-state index in [1.54, 1.807) is 7.11 Å². The van der Waals surface area contributed by atoms with Gasteiger partial charge in [-0.15, -0.1) is 0 Å². The molecule has 1 unspecified atom stereocenters. The van der Waals surface area contributed by atoms with E-state index in [4.69, 9.17) is 15.5 Å². The fourth-order valence-electron chi connectivity index (χ4n) is 7.42. The summed E-state index contributed by atoms with van der Waals surface area (Å²) in [7, 11) is 3.87. The second kappa shape index (κ2) is 5.89. The van der Waals surface area contributed by atoms with E-state index >= 15 is 0 Å². The zero-order valence-corrected chi connectivity index (χ0v) is 17.0. The molecule has 1 aromatic rings. The highest BCUT2D eigenvalue weighted by Crippen LogP contribution is 2.67. The van der Waals surface area contributed by atoms with Crippen LogP contribution in [0, 0.1) is 23.2 Å². The molecule has 4 aliphatic carbocycles. The number of aryl methyl sites for hydroxylation is 1. The van der Waals surface area contributed by atoms with E-state index in [1.807, 2.05) is 0 Å². The largest absolute Gasteiger partial charge is 0.496 e. The molecule has 146 valence electrons. The maximum atomic E-state index is 6.39. The molecule has 1 aromatic carbocycles. The Morgan fingerprint density at radius 1 is 1.15 bits per heavy atom. The lowest BCUT2D eigenvalue weighted by molar-refractivity contribution is -0.0987. The molecular formula is C23H33N3O. The van der Waals surface area contributed by atoms with Gasteiger partial charge in [0.15, 0.2) is 5.96 Å². The van der Waals surface area contributed by atoms with E-state index in [0.29, 0.717) is 5.96 Å². The number of benzene rings is 1. The minimum absolute atomic E-state index is 0.196. The molecule has 0 saturated heterocycles. The molecule has 4 heteroatoms. The van der Waals surface area contributed by atoms with Gasteiger partial charge in [-0.1, -0.05) is 13.0 Å². The first-order valence-corrected chi connectivity index (χ1v) is 10.7. The summed E-state index contributed by atoms with van der Waals surface area (Å²) >= 11 is 0. The zero-order chi connectivity index (χ0) is 18.8. The number of nitrogens with two attached hydrogens (primary N) is 1. The maximum absolute atomic E-state index is 6.39. The molecule has 4 nitrogen and oxygen atoms in total. The van der Waals surface area contributed by atoms with Gasteiger partial charge in [-0.05, 0) is 86.0 Å². The molecule has 4 bridgehead atoms. The van der Waals surface area contributed by atoms with Crippen LogP contribution in [-0.2, 0) is 12.0 Å². The summed E-state index contributed by atoms with van der Waals surface area (Å²) in [6, 6.07) is 6.79. The maximum Gasteiger partial charge on any atom is 0.192 e. The molecule has 4 fully saturated rings. The van der Waals surface area contributed by atoms with Gasteiger partial charge < -0.3 is 15.4 Å². The van der Waals surface area contributed by atoms with Crippen LogP contribution in [-0.4, -0.2) is 31.6 Å². The summed E-state index contributed by atoms with van der Waals surface area (Å²) < 4.78 is 5.61. The topological polar surface area (TPSA) is 50.8 Å². The Morgan fingerprint density at radius 2 is 1.78 bits per heavy atom. The molecule has 1 aliphatic heterocycles. The number of rotatable bonds is 4. The van der Waals surface area contributed by atoms with Gasteiger partial charge >= 0.3 is 0 Å². The second-order valence-electron chi connectivity index (χ2n) is 9.76. The summed E-state index contributed by atoms with van der Waals surface area (Å²) in [6.45, 7) is 3.12. The minimum Gasteiger partial charge on any atom is -0.496 e. The number of nitrogens with zero attached hydrogens (tertiary/aromatic N) is 2. The molecule has 2 N–H and O–H groups in total. The smallest absolute Gasteiger partial charge is 0.192 e. The van der Waals surface area contributed by atoms with Crippen LogP contribution in [0.1, 0.15) is 56.6 Å². The van der Waals surface area contributed by atoms with Crippen molar-refractivity contribution in [2.45, 2.75) is 57.4 Å². The second-order valence-corrected chi connectivity index (χ2v) is 9.76. The Kier molecular flexibility index (Phi) is 3.80. The van der Waals surface area contributed by atoms with Gasteiger partial charge in [0.25, 0.3) is 0 Å². The number of hydrogen-bond acceptors (Lipinski definition) is 4. The Bertz CT molecular complexity index is 751. The first-order chi connectivity index (χ1) is 13.0. The van der Waals surface area contributed by atoms with Gasteiger partial charge in [-0.2, -0.15) is 0 Å². The number of hydrogen-bond donors (Lipinski definition) is 1. The van der Waals surface area contributed by atoms with Crippen LogP contribution >= 0.6 is 0 Å². The van der Waals surface area contributed by atoms with E-state index in [-0.39, 0.29) is 11.0 Å². The summed E-state index contributed by atoms with van der Waals surface area (Å²) in [5.41, 5.74) is 9.10. The van der Waals surface area contributed by atoms with E-state index < -0.39 is 0 Å². The zero-order valence-electron chi connectivity index (χ0n) is 17.0. The number of ether oxygens (including phenoxy) is 1. The van der Waals surface area contributed by atoms with Crippen molar-refractivity contribution in [2.24, 2.45) is 33.9 Å². The highest BCUT2D eigenvalue weighted by molar-refractivity contribution is 5.81. The van der Waals surface area contributed by atoms with Crippen molar-refractivity contribution in [3.05, 3.63) is 29.3 Å². The van der Waals surface area contributed by atoms with Crippen LogP contribution in [0.25, 0.3) is 0 Å². The summed E-state index contributed by atoms with van der Waals surface area (Å²) in [5, 5.41) is 0. The molecule has 0 radical (unpaired) electrons. The number of methoxy groups -OCH3 is 1. The Labute approximate surface area is 163 Å². The summed E-state index contributed by atoms with van der Waals surface area (Å²) in [4.78, 5) is 7.45. The van der Waals surface area contributed by atoms with Crippen molar-refractivity contribution < 1.29 is 4.74 Å². The average Bonchev–Trinajstić information content (AvgIpc) is 2.96. The summed E-state index contributed by atoms with van der Waals surface area (Å²) in [5.74, 6) is 4.41. The normalized spacial score (nSPS) is 39.7. The van der Waals surface area contributed by atoms with Crippen LogP contribution in [0.3, 0.4) is 0 Å². The lowest BCUT2D eigenvalue weighted by Crippen LogP contribution is -2.57. The van der Waals surface area contributed by atoms with Gasteiger partial charge in [0.2, 0.25) is 0 Å². The molecule has 1 heterocycles. The molecular weight excluding hydrogens is 334 g/mol. The Balaban J connectivity index is 1.66. The number of aliphatic imine (C=N–C) groups is 1. The van der Waals surface area contributed by atoms with E-state index in [0.717, 1.165) is 36.5 Å². The van der Waals surface area contributed by atoms with Crippen LogP contribution in [0.5, 0.6) is 5.75 Å². The van der Waals surface area contributed by atoms with E-state index in [9.17, 15) is 0 Å². The fourth-order valence-corrected chi connectivity index (χ4v) is 7.42. The molecule has 0 aromatic heterocycles. The van der Waals surface area contributed by atoms with Crippen molar-refractivity contribution >= 4 is 5.96 Å². The van der Waals surface area contributed by atoms with Gasteiger partial charge in [-0.3, -0.25) is 0 Å². The molecule has 5 aliphatic rings. The standard InChI is InChI=1S/C23H33N3O/c1-4-18-10-19(5-6-20(18)27-3)23(14-26(2)21(24)25-23)22-11-15-7-16(12-22)9-17(8-15)13-22/h5-6,10,15-17H,4,7-9,11-14H2,1-3H3,(H2,24,25). The highest BCUT2D eigenvalue weighted by Gasteiger charge is 2.63. The minimum atomic E-state index is -0.196. The third-order valence-corrected chi connectivity index (χ3v) is 8.22. The lowest BCUT2D eigenvalue weighted by Gasteiger charge is -2.62. The monoisotopic (exact) mass is 367 g/mol. The van der Waals surface area contributed by atoms with Crippen molar-refractivity contribution in [3.8, 4) is 5.75 Å².